The minimum absolute atomic E-state index is 0.0655. The Bertz CT molecular complexity index is 826. The average molecular weight is 270 g/mol. The van der Waals surface area contributed by atoms with E-state index in [-0.39, 0.29) is 13.3 Å². The van der Waals surface area contributed by atoms with Gasteiger partial charge in [0.2, 0.25) is 6.79 Å². The number of aromatic nitrogens is 2. The van der Waals surface area contributed by atoms with E-state index in [4.69, 9.17) is 15.9 Å². The first-order valence-electron chi connectivity index (χ1n) is 5.86. The van der Waals surface area contributed by atoms with Gasteiger partial charge in [-0.05, 0) is 12.1 Å². The highest BCUT2D eigenvalue weighted by molar-refractivity contribution is 5.49. The lowest BCUT2D eigenvalue weighted by Gasteiger charge is -2.07. The number of benzene rings is 1. The summed E-state index contributed by atoms with van der Waals surface area (Å²) in [7, 11) is 0. The molecule has 6 heteroatoms. The van der Waals surface area contributed by atoms with E-state index in [1.807, 2.05) is 0 Å². The first-order chi connectivity index (χ1) is 9.70. The maximum absolute atomic E-state index is 12.1. The Morgan fingerprint density at radius 2 is 1.95 bits per heavy atom. The molecule has 0 bridgehead atoms. The monoisotopic (exact) mass is 270 g/mol. The van der Waals surface area contributed by atoms with Gasteiger partial charge in [-0.2, -0.15) is 0 Å². The summed E-state index contributed by atoms with van der Waals surface area (Å²) in [5, 5.41) is 0. The molecule has 6 nitrogen and oxygen atoms in total. The lowest BCUT2D eigenvalue weighted by Crippen LogP contribution is -2.39. The second kappa shape index (κ2) is 4.63. The van der Waals surface area contributed by atoms with Crippen molar-refractivity contribution >= 4 is 0 Å². The van der Waals surface area contributed by atoms with Gasteiger partial charge in [0.25, 0.3) is 0 Å². The van der Waals surface area contributed by atoms with E-state index in [2.05, 4.69) is 5.92 Å². The van der Waals surface area contributed by atoms with Crippen LogP contribution < -0.4 is 20.6 Å². The van der Waals surface area contributed by atoms with E-state index in [1.165, 1.54) is 21.5 Å². The Kier molecular flexibility index (Phi) is 2.80. The predicted molar refractivity (Wildman–Crippen MR) is 71.3 cm³/mol. The highest BCUT2D eigenvalue weighted by Crippen LogP contribution is 2.33. The van der Waals surface area contributed by atoms with Crippen molar-refractivity contribution < 1.29 is 9.47 Å². The van der Waals surface area contributed by atoms with Crippen molar-refractivity contribution in [3.8, 4) is 29.5 Å². The zero-order chi connectivity index (χ0) is 14.1. The van der Waals surface area contributed by atoms with Gasteiger partial charge >= 0.3 is 11.1 Å². The maximum atomic E-state index is 12.1. The van der Waals surface area contributed by atoms with Crippen LogP contribution in [0.25, 0.3) is 5.69 Å². The lowest BCUT2D eigenvalue weighted by atomic mass is 10.2. The standard InChI is InChI=1S/C14H10N2O4/c1-2-5-15-6-7-16(14(18)13(15)17)10-3-4-11-12(8-10)20-9-19-11/h1,3-4,6-8H,5,9H2. The quantitative estimate of drug-likeness (QED) is 0.584. The first-order valence-corrected chi connectivity index (χ1v) is 5.86. The first kappa shape index (κ1) is 12.1. The molecule has 0 saturated carbocycles. The van der Waals surface area contributed by atoms with Crippen LogP contribution in [-0.4, -0.2) is 15.9 Å². The molecule has 0 saturated heterocycles. The lowest BCUT2D eigenvalue weighted by molar-refractivity contribution is 0.174. The molecule has 0 spiro atoms. The van der Waals surface area contributed by atoms with E-state index < -0.39 is 11.1 Å². The number of nitrogens with zero attached hydrogens (tertiary/aromatic N) is 2. The Hall–Kier alpha value is -2.94. The molecule has 1 aromatic carbocycles. The number of terminal acetylenes is 1. The summed E-state index contributed by atoms with van der Waals surface area (Å²) in [6, 6.07) is 5.02. The zero-order valence-corrected chi connectivity index (χ0v) is 10.4. The van der Waals surface area contributed by atoms with Crippen LogP contribution >= 0.6 is 0 Å². The van der Waals surface area contributed by atoms with Crippen molar-refractivity contribution in [2.45, 2.75) is 6.54 Å². The minimum Gasteiger partial charge on any atom is -0.454 e. The van der Waals surface area contributed by atoms with E-state index in [1.54, 1.807) is 18.2 Å². The van der Waals surface area contributed by atoms with Crippen LogP contribution in [0.4, 0.5) is 0 Å². The van der Waals surface area contributed by atoms with Gasteiger partial charge in [-0.25, -0.2) is 0 Å². The molecule has 100 valence electrons. The summed E-state index contributed by atoms with van der Waals surface area (Å²) in [6.07, 6.45) is 8.12. The SMILES string of the molecule is C#CCn1ccn(-c2ccc3c(c2)OCO3)c(=O)c1=O. The molecule has 2 heterocycles. The van der Waals surface area contributed by atoms with Crippen LogP contribution in [0.1, 0.15) is 0 Å². The second-order valence-corrected chi connectivity index (χ2v) is 4.15. The topological polar surface area (TPSA) is 62.5 Å². The smallest absolute Gasteiger partial charge is 0.321 e. The Morgan fingerprint density at radius 1 is 1.15 bits per heavy atom. The molecule has 0 fully saturated rings. The van der Waals surface area contributed by atoms with Gasteiger partial charge in [-0.1, -0.05) is 5.92 Å². The number of rotatable bonds is 2. The Morgan fingerprint density at radius 3 is 2.75 bits per heavy atom. The van der Waals surface area contributed by atoms with Crippen molar-refractivity contribution in [1.29, 1.82) is 0 Å². The summed E-state index contributed by atoms with van der Waals surface area (Å²) in [5.74, 6) is 3.48. The van der Waals surface area contributed by atoms with E-state index in [0.29, 0.717) is 17.2 Å². The summed E-state index contributed by atoms with van der Waals surface area (Å²) in [6.45, 7) is 0.216. The summed E-state index contributed by atoms with van der Waals surface area (Å²) in [5.41, 5.74) is -0.797. The highest BCUT2D eigenvalue weighted by Gasteiger charge is 2.15. The van der Waals surface area contributed by atoms with Gasteiger partial charge in [0, 0.05) is 18.5 Å². The molecule has 1 aliphatic heterocycles. The van der Waals surface area contributed by atoms with Gasteiger partial charge in [-0.15, -0.1) is 6.42 Å². The van der Waals surface area contributed by atoms with Gasteiger partial charge in [0.1, 0.15) is 0 Å². The number of hydrogen-bond donors (Lipinski definition) is 0. The normalized spacial score (nSPS) is 12.2. The molecule has 3 rings (SSSR count). The molecule has 1 aromatic heterocycles. The van der Waals surface area contributed by atoms with Crippen LogP contribution in [0.2, 0.25) is 0 Å². The van der Waals surface area contributed by atoms with E-state index in [9.17, 15) is 9.59 Å². The molecule has 0 N–H and O–H groups in total. The number of ether oxygens (including phenoxy) is 2. The molecule has 0 radical (unpaired) electrons. The largest absolute Gasteiger partial charge is 0.454 e. The van der Waals surface area contributed by atoms with Crippen molar-refractivity contribution in [3.05, 3.63) is 51.3 Å². The molecule has 0 aliphatic carbocycles. The molecule has 0 unspecified atom stereocenters. The molecule has 20 heavy (non-hydrogen) atoms. The summed E-state index contributed by atoms with van der Waals surface area (Å²) in [4.78, 5) is 23.9. The maximum Gasteiger partial charge on any atom is 0.321 e. The van der Waals surface area contributed by atoms with Crippen LogP contribution in [0, 0.1) is 12.3 Å². The zero-order valence-electron chi connectivity index (χ0n) is 10.4. The van der Waals surface area contributed by atoms with Crippen LogP contribution in [-0.2, 0) is 6.54 Å². The fourth-order valence-corrected chi connectivity index (χ4v) is 1.97. The van der Waals surface area contributed by atoms with Gasteiger partial charge < -0.3 is 9.47 Å². The Labute approximate surface area is 113 Å². The number of fused-ring (bicyclic) bond motifs is 1. The molecular weight excluding hydrogens is 260 g/mol. The third-order valence-electron chi connectivity index (χ3n) is 2.95. The van der Waals surface area contributed by atoms with Crippen molar-refractivity contribution in [3.63, 3.8) is 0 Å². The van der Waals surface area contributed by atoms with Crippen molar-refractivity contribution in [1.82, 2.24) is 9.13 Å². The Balaban J connectivity index is 2.12. The summed E-state index contributed by atoms with van der Waals surface area (Å²) >= 11 is 0. The molecule has 2 aromatic rings. The molecule has 1 aliphatic rings. The molecular formula is C14H10N2O4. The van der Waals surface area contributed by atoms with Crippen LogP contribution in [0.15, 0.2) is 40.2 Å². The predicted octanol–water partition coefficient (Wildman–Crippen LogP) is 0.361. The van der Waals surface area contributed by atoms with E-state index in [0.717, 1.165) is 0 Å². The summed E-state index contributed by atoms with van der Waals surface area (Å²) < 4.78 is 12.9. The third-order valence-corrected chi connectivity index (χ3v) is 2.95. The molecule has 0 atom stereocenters. The van der Waals surface area contributed by atoms with Crippen molar-refractivity contribution in [2.75, 3.05) is 6.79 Å². The number of hydrogen-bond acceptors (Lipinski definition) is 4. The van der Waals surface area contributed by atoms with Crippen molar-refractivity contribution in [2.24, 2.45) is 0 Å². The van der Waals surface area contributed by atoms with Crippen LogP contribution in [0.5, 0.6) is 11.5 Å². The van der Waals surface area contributed by atoms with Gasteiger partial charge in [0.15, 0.2) is 11.5 Å². The second-order valence-electron chi connectivity index (χ2n) is 4.15. The van der Waals surface area contributed by atoms with Gasteiger partial charge in [-0.3, -0.25) is 18.7 Å². The third kappa shape index (κ3) is 1.86. The minimum atomic E-state index is -0.665. The average Bonchev–Trinajstić information content (AvgIpc) is 2.91. The molecule has 0 amide bonds. The van der Waals surface area contributed by atoms with Crippen LogP contribution in [0.3, 0.4) is 0 Å². The fraction of sp³-hybridized carbons (Fsp3) is 0.143. The van der Waals surface area contributed by atoms with E-state index >= 15 is 0 Å². The fourth-order valence-electron chi connectivity index (χ4n) is 1.97. The van der Waals surface area contributed by atoms with Gasteiger partial charge in [0.05, 0.1) is 12.2 Å². The highest BCUT2D eigenvalue weighted by atomic mass is 16.7.